The molecular formula is C6H12O6S. The van der Waals surface area contributed by atoms with Gasteiger partial charge in [-0.3, -0.25) is 0 Å². The summed E-state index contributed by atoms with van der Waals surface area (Å²) >= 11 is 0. The van der Waals surface area contributed by atoms with Gasteiger partial charge in [-0.1, -0.05) is 0 Å². The third-order valence-corrected chi connectivity index (χ3v) is 4.33. The molecule has 0 aliphatic carbocycles. The lowest BCUT2D eigenvalue weighted by atomic mass is 10.1. The summed E-state index contributed by atoms with van der Waals surface area (Å²) in [4.78, 5) is 0. The highest BCUT2D eigenvalue weighted by atomic mass is 32.2. The van der Waals surface area contributed by atoms with Crippen molar-refractivity contribution >= 4 is 9.84 Å². The van der Waals surface area contributed by atoms with Crippen LogP contribution in [0.1, 0.15) is 0 Å². The fourth-order valence-corrected chi connectivity index (χ4v) is 3.08. The Balaban J connectivity index is 2.95. The highest BCUT2D eigenvalue weighted by Crippen LogP contribution is 2.20. The first-order valence-electron chi connectivity index (χ1n) is 3.77. The summed E-state index contributed by atoms with van der Waals surface area (Å²) in [5, 5.41) is 34.6. The standard InChI is InChI=1S/C6H12O6S/c7-1-4-6(10)5(9)3(8)2-13(4,11)12/h3-10H,1-2H2/t3-,4+,5-,6-/m1/s1. The molecule has 0 unspecified atom stereocenters. The number of aliphatic hydroxyl groups excluding tert-OH is 4. The van der Waals surface area contributed by atoms with Crippen molar-refractivity contribution in [1.82, 2.24) is 0 Å². The van der Waals surface area contributed by atoms with Crippen LogP contribution in [0, 0.1) is 0 Å². The number of hydrogen-bond donors (Lipinski definition) is 4. The van der Waals surface area contributed by atoms with E-state index in [1.807, 2.05) is 0 Å². The Morgan fingerprint density at radius 1 is 1.15 bits per heavy atom. The van der Waals surface area contributed by atoms with Crippen molar-refractivity contribution in [3.63, 3.8) is 0 Å². The lowest BCUT2D eigenvalue weighted by molar-refractivity contribution is -0.0624. The van der Waals surface area contributed by atoms with Gasteiger partial charge in [0.15, 0.2) is 9.84 Å². The van der Waals surface area contributed by atoms with E-state index in [4.69, 9.17) is 15.3 Å². The van der Waals surface area contributed by atoms with Crippen molar-refractivity contribution in [1.29, 1.82) is 0 Å². The van der Waals surface area contributed by atoms with Crippen molar-refractivity contribution in [2.24, 2.45) is 0 Å². The van der Waals surface area contributed by atoms with Crippen molar-refractivity contribution in [2.75, 3.05) is 12.4 Å². The topological polar surface area (TPSA) is 115 Å². The summed E-state index contributed by atoms with van der Waals surface area (Å²) in [5.41, 5.74) is 0. The smallest absolute Gasteiger partial charge is 0.160 e. The van der Waals surface area contributed by atoms with Crippen LogP contribution in [0.3, 0.4) is 0 Å². The zero-order valence-corrected chi connectivity index (χ0v) is 7.55. The minimum Gasteiger partial charge on any atom is -0.395 e. The number of hydrogen-bond acceptors (Lipinski definition) is 6. The van der Waals surface area contributed by atoms with Gasteiger partial charge in [0, 0.05) is 0 Å². The number of rotatable bonds is 1. The predicted molar refractivity (Wildman–Crippen MR) is 42.7 cm³/mol. The molecule has 1 saturated heterocycles. The molecule has 78 valence electrons. The van der Waals surface area contributed by atoms with Gasteiger partial charge in [-0.2, -0.15) is 0 Å². The Kier molecular flexibility index (Phi) is 2.93. The van der Waals surface area contributed by atoms with Crippen LogP contribution in [-0.4, -0.2) is 64.8 Å². The third-order valence-electron chi connectivity index (χ3n) is 2.17. The van der Waals surface area contributed by atoms with Gasteiger partial charge in [0.2, 0.25) is 0 Å². The summed E-state index contributed by atoms with van der Waals surface area (Å²) in [6, 6.07) is 0. The maximum absolute atomic E-state index is 11.2. The average molecular weight is 212 g/mol. The van der Waals surface area contributed by atoms with E-state index in [-0.39, 0.29) is 0 Å². The maximum Gasteiger partial charge on any atom is 0.160 e. The van der Waals surface area contributed by atoms with Crippen LogP contribution in [-0.2, 0) is 9.84 Å². The van der Waals surface area contributed by atoms with E-state index >= 15 is 0 Å². The minimum absolute atomic E-state index is 0.629. The summed E-state index contributed by atoms with van der Waals surface area (Å²) in [5.74, 6) is -0.629. The Labute approximate surface area is 75.4 Å². The molecule has 4 atom stereocenters. The van der Waals surface area contributed by atoms with Gasteiger partial charge in [-0.15, -0.1) is 0 Å². The van der Waals surface area contributed by atoms with E-state index in [1.54, 1.807) is 0 Å². The molecule has 7 heteroatoms. The van der Waals surface area contributed by atoms with Gasteiger partial charge < -0.3 is 20.4 Å². The Hall–Kier alpha value is -0.210. The van der Waals surface area contributed by atoms with Crippen molar-refractivity contribution in [3.05, 3.63) is 0 Å². The second-order valence-corrected chi connectivity index (χ2v) is 5.36. The largest absolute Gasteiger partial charge is 0.395 e. The Morgan fingerprint density at radius 2 is 1.69 bits per heavy atom. The molecule has 0 aromatic rings. The zero-order valence-electron chi connectivity index (χ0n) is 6.74. The van der Waals surface area contributed by atoms with Crippen molar-refractivity contribution in [3.8, 4) is 0 Å². The van der Waals surface area contributed by atoms with Gasteiger partial charge in [-0.05, 0) is 0 Å². The molecule has 0 amide bonds. The van der Waals surface area contributed by atoms with Crippen LogP contribution in [0.15, 0.2) is 0 Å². The SMILES string of the molecule is O=S1(=O)C[C@@H](O)[C@@H](O)[C@H](O)[C@@H]1CO. The zero-order chi connectivity index (χ0) is 10.2. The van der Waals surface area contributed by atoms with Gasteiger partial charge in [0.1, 0.15) is 17.5 Å². The highest BCUT2D eigenvalue weighted by Gasteiger charge is 2.45. The van der Waals surface area contributed by atoms with Crippen LogP contribution in [0.2, 0.25) is 0 Å². The fourth-order valence-electron chi connectivity index (χ4n) is 1.34. The van der Waals surface area contributed by atoms with Crippen LogP contribution in [0.5, 0.6) is 0 Å². The number of aliphatic hydroxyl groups is 4. The normalized spacial score (nSPS) is 44.6. The lowest BCUT2D eigenvalue weighted by Gasteiger charge is -2.33. The van der Waals surface area contributed by atoms with Gasteiger partial charge in [-0.25, -0.2) is 8.42 Å². The molecular weight excluding hydrogens is 200 g/mol. The molecule has 4 N–H and O–H groups in total. The molecule has 0 aromatic carbocycles. The summed E-state index contributed by atoms with van der Waals surface area (Å²) in [6.07, 6.45) is -4.62. The maximum atomic E-state index is 11.2. The van der Waals surface area contributed by atoms with Gasteiger partial charge in [0.05, 0.1) is 18.5 Å². The van der Waals surface area contributed by atoms with E-state index < -0.39 is 45.8 Å². The molecule has 0 aromatic heterocycles. The summed E-state index contributed by atoms with van der Waals surface area (Å²) < 4.78 is 22.4. The highest BCUT2D eigenvalue weighted by molar-refractivity contribution is 7.92. The quantitative estimate of drug-likeness (QED) is 0.365. The monoisotopic (exact) mass is 212 g/mol. The minimum atomic E-state index is -3.71. The molecule has 1 fully saturated rings. The first kappa shape index (κ1) is 10.9. The lowest BCUT2D eigenvalue weighted by Crippen LogP contribution is -2.57. The summed E-state index contributed by atoms with van der Waals surface area (Å²) in [7, 11) is -3.71. The molecule has 0 radical (unpaired) electrons. The fraction of sp³-hybridized carbons (Fsp3) is 1.00. The molecule has 0 spiro atoms. The average Bonchev–Trinajstić information content (AvgIpc) is 2.00. The molecule has 1 aliphatic heterocycles. The predicted octanol–water partition coefficient (Wildman–Crippen LogP) is -3.14. The molecule has 0 bridgehead atoms. The van der Waals surface area contributed by atoms with E-state index in [9.17, 15) is 13.5 Å². The molecule has 1 aliphatic rings. The third kappa shape index (κ3) is 1.84. The van der Waals surface area contributed by atoms with E-state index in [0.29, 0.717) is 0 Å². The van der Waals surface area contributed by atoms with Gasteiger partial charge in [0.25, 0.3) is 0 Å². The van der Waals surface area contributed by atoms with E-state index in [2.05, 4.69) is 0 Å². The Morgan fingerprint density at radius 3 is 2.15 bits per heavy atom. The molecule has 1 rings (SSSR count). The van der Waals surface area contributed by atoms with Crippen LogP contribution < -0.4 is 0 Å². The number of sulfone groups is 1. The first-order chi connectivity index (χ1) is 5.90. The van der Waals surface area contributed by atoms with Crippen LogP contribution in [0.25, 0.3) is 0 Å². The van der Waals surface area contributed by atoms with Crippen molar-refractivity contribution < 1.29 is 28.8 Å². The second-order valence-electron chi connectivity index (χ2n) is 3.10. The van der Waals surface area contributed by atoms with E-state index in [1.165, 1.54) is 0 Å². The molecule has 6 nitrogen and oxygen atoms in total. The first-order valence-corrected chi connectivity index (χ1v) is 5.48. The van der Waals surface area contributed by atoms with Crippen LogP contribution >= 0.6 is 0 Å². The molecule has 0 saturated carbocycles. The van der Waals surface area contributed by atoms with Crippen LogP contribution in [0.4, 0.5) is 0 Å². The second kappa shape index (κ2) is 3.50. The van der Waals surface area contributed by atoms with Gasteiger partial charge >= 0.3 is 0 Å². The summed E-state index contributed by atoms with van der Waals surface area (Å²) in [6.45, 7) is -0.757. The molecule has 13 heavy (non-hydrogen) atoms. The van der Waals surface area contributed by atoms with Crippen molar-refractivity contribution in [2.45, 2.75) is 23.6 Å². The Bertz CT molecular complexity index is 273. The molecule has 1 heterocycles. The van der Waals surface area contributed by atoms with E-state index in [0.717, 1.165) is 0 Å².